The molecule has 1 aliphatic heterocycles. The highest BCUT2D eigenvalue weighted by molar-refractivity contribution is 7.11. The van der Waals surface area contributed by atoms with E-state index in [1.54, 1.807) is 11.3 Å². The van der Waals surface area contributed by atoms with Crippen LogP contribution in [0.2, 0.25) is 0 Å². The lowest BCUT2D eigenvalue weighted by Crippen LogP contribution is -2.34. The highest BCUT2D eigenvalue weighted by Gasteiger charge is 2.11. The Morgan fingerprint density at radius 3 is 3.07 bits per heavy atom. The summed E-state index contributed by atoms with van der Waals surface area (Å²) in [5.74, 6) is 0.996. The molecule has 0 amide bonds. The number of guanidine groups is 1. The number of nitrogens with zero attached hydrogens (tertiary/aromatic N) is 3. The smallest absolute Gasteiger partial charge is 0.194 e. The maximum absolute atomic E-state index is 4.35. The molecule has 1 aromatic rings. The van der Waals surface area contributed by atoms with Crippen LogP contribution in [-0.2, 0) is 6.54 Å². The van der Waals surface area contributed by atoms with Gasteiger partial charge in [0.05, 0.1) is 18.1 Å². The first-order chi connectivity index (χ1) is 6.75. The first-order valence-electron chi connectivity index (χ1n) is 4.66. The summed E-state index contributed by atoms with van der Waals surface area (Å²) >= 11 is 1.74. The maximum atomic E-state index is 4.35. The molecule has 2 heterocycles. The fourth-order valence-corrected chi connectivity index (χ4v) is 2.28. The van der Waals surface area contributed by atoms with Crippen LogP contribution in [0.1, 0.15) is 9.88 Å². The first-order valence-corrected chi connectivity index (χ1v) is 5.48. The van der Waals surface area contributed by atoms with Crippen molar-refractivity contribution in [1.82, 2.24) is 15.2 Å². The van der Waals surface area contributed by atoms with E-state index in [9.17, 15) is 0 Å². The van der Waals surface area contributed by atoms with Gasteiger partial charge in [-0.05, 0) is 6.92 Å². The van der Waals surface area contributed by atoms with Gasteiger partial charge in [-0.3, -0.25) is 4.99 Å². The molecule has 76 valence electrons. The molecule has 4 nitrogen and oxygen atoms in total. The summed E-state index contributed by atoms with van der Waals surface area (Å²) in [5.41, 5.74) is 0. The molecule has 14 heavy (non-hydrogen) atoms. The molecule has 0 fully saturated rings. The van der Waals surface area contributed by atoms with Gasteiger partial charge in [-0.15, -0.1) is 11.3 Å². The molecular weight excluding hydrogens is 196 g/mol. The van der Waals surface area contributed by atoms with E-state index < -0.39 is 0 Å². The Morgan fingerprint density at radius 2 is 2.50 bits per heavy atom. The number of rotatable bonds is 2. The molecule has 0 aliphatic carbocycles. The highest BCUT2D eigenvalue weighted by Crippen LogP contribution is 2.13. The number of hydrogen-bond acceptors (Lipinski definition) is 5. The Balaban J connectivity index is 1.97. The van der Waals surface area contributed by atoms with E-state index in [0.29, 0.717) is 0 Å². The number of aliphatic imine (C=N–C) groups is 1. The summed E-state index contributed by atoms with van der Waals surface area (Å²) in [5, 5.41) is 4.36. The van der Waals surface area contributed by atoms with Crippen LogP contribution in [0.3, 0.4) is 0 Å². The first kappa shape index (κ1) is 9.45. The predicted molar refractivity (Wildman–Crippen MR) is 58.6 cm³/mol. The van der Waals surface area contributed by atoms with Crippen LogP contribution in [0.4, 0.5) is 0 Å². The quantitative estimate of drug-likeness (QED) is 0.786. The Bertz CT molecular complexity index is 344. The van der Waals surface area contributed by atoms with Crippen LogP contribution in [0.5, 0.6) is 0 Å². The molecule has 0 bridgehead atoms. The Morgan fingerprint density at radius 1 is 1.64 bits per heavy atom. The van der Waals surface area contributed by atoms with Crippen molar-refractivity contribution in [3.8, 4) is 0 Å². The largest absolute Gasteiger partial charge is 0.354 e. The Kier molecular flexibility index (Phi) is 2.67. The molecule has 1 N–H and O–H groups in total. The van der Waals surface area contributed by atoms with Crippen molar-refractivity contribution in [1.29, 1.82) is 0 Å². The minimum atomic E-state index is 0.886. The lowest BCUT2D eigenvalue weighted by molar-refractivity contribution is 0.491. The Hall–Kier alpha value is -1.10. The second-order valence-corrected chi connectivity index (χ2v) is 4.65. The molecular formula is C9H14N4S. The molecule has 0 aromatic carbocycles. The van der Waals surface area contributed by atoms with Crippen LogP contribution >= 0.6 is 11.3 Å². The monoisotopic (exact) mass is 210 g/mol. The van der Waals surface area contributed by atoms with E-state index in [1.807, 2.05) is 20.2 Å². The predicted octanol–water partition coefficient (Wildman–Crippen LogP) is 0.843. The lowest BCUT2D eigenvalue weighted by Gasteiger charge is -2.17. The minimum Gasteiger partial charge on any atom is -0.354 e. The van der Waals surface area contributed by atoms with Gasteiger partial charge in [0.1, 0.15) is 0 Å². The summed E-state index contributed by atoms with van der Waals surface area (Å²) in [7, 11) is 2.05. The third-order valence-corrected chi connectivity index (χ3v) is 2.98. The molecule has 0 saturated heterocycles. The van der Waals surface area contributed by atoms with Crippen LogP contribution in [-0.4, -0.2) is 36.0 Å². The normalized spacial score (nSPS) is 15.1. The van der Waals surface area contributed by atoms with Crippen LogP contribution in [0.15, 0.2) is 11.2 Å². The number of hydrogen-bond donors (Lipinski definition) is 1. The summed E-state index contributed by atoms with van der Waals surface area (Å²) in [6.45, 7) is 4.76. The minimum absolute atomic E-state index is 0.886. The molecule has 0 unspecified atom stereocenters. The standard InChI is InChI=1S/C9H14N4S/c1-7-12-5-8(14-7)6-13(2)9-10-3-4-11-9/h5H,3-4,6H2,1-2H3,(H,10,11). The second kappa shape index (κ2) is 3.96. The molecule has 0 saturated carbocycles. The van der Waals surface area contributed by atoms with E-state index >= 15 is 0 Å². The third-order valence-electron chi connectivity index (χ3n) is 2.08. The number of aromatic nitrogens is 1. The van der Waals surface area contributed by atoms with Gasteiger partial charge in [0.25, 0.3) is 0 Å². The topological polar surface area (TPSA) is 40.5 Å². The van der Waals surface area contributed by atoms with Gasteiger partial charge in [0.15, 0.2) is 5.96 Å². The van der Waals surface area contributed by atoms with Crippen molar-refractivity contribution >= 4 is 17.3 Å². The molecule has 0 atom stereocenters. The fraction of sp³-hybridized carbons (Fsp3) is 0.556. The zero-order valence-corrected chi connectivity index (χ0v) is 9.27. The van der Waals surface area contributed by atoms with E-state index in [1.165, 1.54) is 4.88 Å². The summed E-state index contributed by atoms with van der Waals surface area (Å²) < 4.78 is 0. The molecule has 5 heteroatoms. The highest BCUT2D eigenvalue weighted by atomic mass is 32.1. The Labute approximate surface area is 87.7 Å². The number of nitrogens with one attached hydrogen (secondary N) is 1. The van der Waals surface area contributed by atoms with Crippen LogP contribution in [0.25, 0.3) is 0 Å². The SMILES string of the molecule is Cc1ncc(CN(C)C2=NCCN2)s1. The van der Waals surface area contributed by atoms with Gasteiger partial charge in [-0.1, -0.05) is 0 Å². The van der Waals surface area contributed by atoms with Gasteiger partial charge in [0, 0.05) is 24.7 Å². The van der Waals surface area contributed by atoms with Crippen molar-refractivity contribution < 1.29 is 0 Å². The molecule has 1 aliphatic rings. The van der Waals surface area contributed by atoms with Gasteiger partial charge >= 0.3 is 0 Å². The second-order valence-electron chi connectivity index (χ2n) is 3.33. The van der Waals surface area contributed by atoms with Crippen molar-refractivity contribution in [3.05, 3.63) is 16.1 Å². The maximum Gasteiger partial charge on any atom is 0.194 e. The van der Waals surface area contributed by atoms with Crippen LogP contribution < -0.4 is 5.32 Å². The molecule has 0 spiro atoms. The molecule has 2 rings (SSSR count). The van der Waals surface area contributed by atoms with Gasteiger partial charge < -0.3 is 10.2 Å². The average Bonchev–Trinajstić information content (AvgIpc) is 2.75. The molecule has 1 aromatic heterocycles. The van der Waals surface area contributed by atoms with Gasteiger partial charge in [-0.25, -0.2) is 4.98 Å². The van der Waals surface area contributed by atoms with E-state index in [0.717, 1.165) is 30.6 Å². The number of aryl methyl sites for hydroxylation is 1. The van der Waals surface area contributed by atoms with Gasteiger partial charge in [-0.2, -0.15) is 0 Å². The van der Waals surface area contributed by atoms with E-state index in [2.05, 4.69) is 20.2 Å². The fourth-order valence-electron chi connectivity index (χ4n) is 1.43. The average molecular weight is 210 g/mol. The third kappa shape index (κ3) is 2.04. The zero-order valence-electron chi connectivity index (χ0n) is 8.45. The lowest BCUT2D eigenvalue weighted by atomic mass is 10.5. The van der Waals surface area contributed by atoms with E-state index in [-0.39, 0.29) is 0 Å². The zero-order chi connectivity index (χ0) is 9.97. The van der Waals surface area contributed by atoms with Crippen molar-refractivity contribution in [2.45, 2.75) is 13.5 Å². The van der Waals surface area contributed by atoms with Crippen molar-refractivity contribution in [3.63, 3.8) is 0 Å². The summed E-state index contributed by atoms with van der Waals surface area (Å²) in [4.78, 5) is 12.0. The summed E-state index contributed by atoms with van der Waals surface area (Å²) in [6.07, 6.45) is 1.94. The summed E-state index contributed by atoms with van der Waals surface area (Å²) in [6, 6.07) is 0. The number of thiazole rings is 1. The van der Waals surface area contributed by atoms with Gasteiger partial charge in [0.2, 0.25) is 0 Å². The van der Waals surface area contributed by atoms with Crippen molar-refractivity contribution in [2.75, 3.05) is 20.1 Å². The van der Waals surface area contributed by atoms with Crippen molar-refractivity contribution in [2.24, 2.45) is 4.99 Å². The van der Waals surface area contributed by atoms with Crippen LogP contribution in [0, 0.1) is 6.92 Å². The molecule has 0 radical (unpaired) electrons. The van der Waals surface area contributed by atoms with E-state index in [4.69, 9.17) is 0 Å².